The van der Waals surface area contributed by atoms with E-state index in [1.165, 1.54) is 36.9 Å². The Morgan fingerprint density at radius 1 is 0.810 bits per heavy atom. The molecule has 0 spiro atoms. The van der Waals surface area contributed by atoms with Gasteiger partial charge < -0.3 is 13.6 Å². The Hall–Kier alpha value is -2.15. The Kier molecular flexibility index (Phi) is 10.2. The van der Waals surface area contributed by atoms with Crippen molar-refractivity contribution in [1.82, 2.24) is 4.72 Å². The number of hydrogen-bond donors (Lipinski definition) is 1. The van der Waals surface area contributed by atoms with Gasteiger partial charge in [0.15, 0.2) is 0 Å². The Bertz CT molecular complexity index is 1350. The molecule has 0 aliphatic heterocycles. The van der Waals surface area contributed by atoms with Gasteiger partial charge in [0.1, 0.15) is 11.5 Å². The van der Waals surface area contributed by atoms with Crippen LogP contribution < -0.4 is 13.6 Å². The summed E-state index contributed by atoms with van der Waals surface area (Å²) in [4.78, 5) is 11.8. The van der Waals surface area contributed by atoms with Crippen molar-refractivity contribution in [2.45, 2.75) is 120 Å². The van der Waals surface area contributed by atoms with Crippen LogP contribution >= 0.6 is 0 Å². The van der Waals surface area contributed by atoms with E-state index in [4.69, 9.17) is 13.6 Å². The van der Waals surface area contributed by atoms with E-state index in [9.17, 15) is 13.2 Å². The van der Waals surface area contributed by atoms with Gasteiger partial charge in [-0.15, -0.1) is 0 Å². The van der Waals surface area contributed by atoms with Crippen LogP contribution in [0.3, 0.4) is 0 Å². The number of methoxy groups -OCH3 is 1. The fourth-order valence-corrected chi connectivity index (χ4v) is 7.94. The van der Waals surface area contributed by atoms with E-state index in [1.807, 2.05) is 0 Å². The number of benzene rings is 2. The number of ether oxygens (including phenoxy) is 1. The standard InChI is InChI=1S/C32H51NO6SSi2/c1-31(2,3)41(8,9)38-26-18-21-28(29(22-26)39-42(10,11)32(4,5)6)23-12-16-25(17-13-23)33-40(35,36)27-19-14-24(15-20-27)30(34)37-7/h14-15,18-23,25,33H,12-13,16-17H2,1-11H3. The molecular formula is C32H51NO6SSi2. The molecular weight excluding hydrogens is 583 g/mol. The number of sulfonamides is 1. The molecule has 2 aromatic carbocycles. The lowest BCUT2D eigenvalue weighted by atomic mass is 9.81. The van der Waals surface area contributed by atoms with E-state index in [2.05, 4.69) is 90.7 Å². The molecule has 1 saturated carbocycles. The highest BCUT2D eigenvalue weighted by atomic mass is 32.2. The molecule has 1 aliphatic carbocycles. The van der Waals surface area contributed by atoms with E-state index >= 15 is 0 Å². The zero-order valence-corrected chi connectivity index (χ0v) is 30.2. The average Bonchev–Trinajstić information content (AvgIpc) is 2.87. The van der Waals surface area contributed by atoms with Crippen LogP contribution in [0.25, 0.3) is 0 Å². The van der Waals surface area contributed by atoms with Gasteiger partial charge in [0.05, 0.1) is 17.6 Å². The first-order valence-electron chi connectivity index (χ1n) is 14.9. The normalized spacial score (nSPS) is 18.8. The molecule has 42 heavy (non-hydrogen) atoms. The lowest BCUT2D eigenvalue weighted by Crippen LogP contribution is -2.44. The average molecular weight is 634 g/mol. The monoisotopic (exact) mass is 633 g/mol. The van der Waals surface area contributed by atoms with Crippen molar-refractivity contribution in [3.8, 4) is 11.5 Å². The minimum absolute atomic E-state index is 0.0472. The molecule has 0 heterocycles. The number of esters is 1. The van der Waals surface area contributed by atoms with Gasteiger partial charge in [-0.25, -0.2) is 17.9 Å². The van der Waals surface area contributed by atoms with Crippen LogP contribution in [0, 0.1) is 0 Å². The molecule has 1 N–H and O–H groups in total. The minimum Gasteiger partial charge on any atom is -0.543 e. The van der Waals surface area contributed by atoms with Crippen molar-refractivity contribution < 1.29 is 26.8 Å². The van der Waals surface area contributed by atoms with E-state index in [-0.39, 0.29) is 26.9 Å². The highest BCUT2D eigenvalue weighted by Gasteiger charge is 2.41. The Morgan fingerprint density at radius 2 is 1.33 bits per heavy atom. The number of carbonyl (C=O) groups excluding carboxylic acids is 1. The van der Waals surface area contributed by atoms with Gasteiger partial charge in [-0.2, -0.15) is 0 Å². The summed E-state index contributed by atoms with van der Waals surface area (Å²) in [6, 6.07) is 12.0. The summed E-state index contributed by atoms with van der Waals surface area (Å²) in [7, 11) is -6.56. The van der Waals surface area contributed by atoms with E-state index < -0.39 is 32.6 Å². The third-order valence-electron chi connectivity index (χ3n) is 9.41. The molecule has 0 atom stereocenters. The molecule has 0 aromatic heterocycles. The molecule has 2 aromatic rings. The summed E-state index contributed by atoms with van der Waals surface area (Å²) < 4.78 is 47.3. The second-order valence-corrected chi connectivity index (χ2v) is 25.8. The van der Waals surface area contributed by atoms with Crippen LogP contribution in [0.15, 0.2) is 47.4 Å². The molecule has 10 heteroatoms. The quantitative estimate of drug-likeness (QED) is 0.221. The molecule has 234 valence electrons. The SMILES string of the molecule is COC(=O)c1ccc(S(=O)(=O)NC2CCC(c3ccc(O[Si](C)(C)C(C)(C)C)cc3O[Si](C)(C)C(C)(C)C)CC2)cc1. The Labute approximate surface area is 256 Å². The van der Waals surface area contributed by atoms with Gasteiger partial charge in [-0.1, -0.05) is 47.6 Å². The summed E-state index contributed by atoms with van der Waals surface area (Å²) in [6.45, 7) is 22.5. The predicted octanol–water partition coefficient (Wildman–Crippen LogP) is 8.25. The minimum atomic E-state index is -3.71. The summed E-state index contributed by atoms with van der Waals surface area (Å²) in [5.41, 5.74) is 1.50. The first kappa shape index (κ1) is 34.3. The van der Waals surface area contributed by atoms with Crippen molar-refractivity contribution in [3.05, 3.63) is 53.6 Å². The van der Waals surface area contributed by atoms with Crippen molar-refractivity contribution >= 4 is 32.6 Å². The maximum absolute atomic E-state index is 13.1. The van der Waals surface area contributed by atoms with E-state index in [0.29, 0.717) is 5.56 Å². The van der Waals surface area contributed by atoms with Crippen LogP contribution in [-0.2, 0) is 14.8 Å². The van der Waals surface area contributed by atoms with Crippen molar-refractivity contribution in [1.29, 1.82) is 0 Å². The summed E-state index contributed by atoms with van der Waals surface area (Å²) in [6.07, 6.45) is 3.16. The molecule has 0 bridgehead atoms. The third kappa shape index (κ3) is 8.06. The van der Waals surface area contributed by atoms with Crippen LogP contribution in [0.2, 0.25) is 36.3 Å². The van der Waals surface area contributed by atoms with Crippen LogP contribution in [-0.4, -0.2) is 44.2 Å². The number of hydrogen-bond acceptors (Lipinski definition) is 6. The van der Waals surface area contributed by atoms with Gasteiger partial charge in [0, 0.05) is 12.1 Å². The lowest BCUT2D eigenvalue weighted by molar-refractivity contribution is 0.0600. The zero-order chi connectivity index (χ0) is 31.7. The maximum Gasteiger partial charge on any atom is 0.337 e. The molecule has 0 radical (unpaired) electrons. The number of nitrogens with one attached hydrogen (secondary N) is 1. The molecule has 0 saturated heterocycles. The van der Waals surface area contributed by atoms with Gasteiger partial charge in [-0.05, 0) is 104 Å². The lowest BCUT2D eigenvalue weighted by Gasteiger charge is -2.39. The molecule has 0 amide bonds. The Balaban J connectivity index is 1.79. The molecule has 1 aliphatic rings. The molecule has 7 nitrogen and oxygen atoms in total. The van der Waals surface area contributed by atoms with Crippen LogP contribution in [0.5, 0.6) is 11.5 Å². The van der Waals surface area contributed by atoms with Gasteiger partial charge in [0.25, 0.3) is 0 Å². The van der Waals surface area contributed by atoms with Gasteiger partial charge in [0.2, 0.25) is 26.7 Å². The largest absolute Gasteiger partial charge is 0.543 e. The number of carbonyl (C=O) groups is 1. The second-order valence-electron chi connectivity index (χ2n) is 14.6. The summed E-state index contributed by atoms with van der Waals surface area (Å²) in [5.74, 6) is 1.54. The van der Waals surface area contributed by atoms with Crippen molar-refractivity contribution in [2.75, 3.05) is 7.11 Å². The van der Waals surface area contributed by atoms with E-state index in [0.717, 1.165) is 37.2 Å². The number of rotatable bonds is 9. The molecule has 1 fully saturated rings. The van der Waals surface area contributed by atoms with Crippen molar-refractivity contribution in [2.24, 2.45) is 0 Å². The maximum atomic E-state index is 13.1. The predicted molar refractivity (Wildman–Crippen MR) is 175 cm³/mol. The zero-order valence-electron chi connectivity index (χ0n) is 27.4. The third-order valence-corrected chi connectivity index (χ3v) is 19.6. The van der Waals surface area contributed by atoms with Crippen LogP contribution in [0.1, 0.15) is 89.1 Å². The summed E-state index contributed by atoms with van der Waals surface area (Å²) in [5, 5.41) is 0.132. The first-order valence-corrected chi connectivity index (χ1v) is 22.2. The Morgan fingerprint density at radius 3 is 1.83 bits per heavy atom. The fourth-order valence-electron chi connectivity index (χ4n) is 4.58. The van der Waals surface area contributed by atoms with E-state index in [1.54, 1.807) is 0 Å². The fraction of sp³-hybridized carbons (Fsp3) is 0.594. The van der Waals surface area contributed by atoms with Crippen LogP contribution in [0.4, 0.5) is 0 Å². The first-order chi connectivity index (χ1) is 19.2. The smallest absolute Gasteiger partial charge is 0.337 e. The van der Waals surface area contributed by atoms with Gasteiger partial charge in [-0.3, -0.25) is 0 Å². The molecule has 3 rings (SSSR count). The topological polar surface area (TPSA) is 90.9 Å². The van der Waals surface area contributed by atoms with Gasteiger partial charge >= 0.3 is 5.97 Å². The highest BCUT2D eigenvalue weighted by Crippen LogP contribution is 2.45. The van der Waals surface area contributed by atoms with Crippen molar-refractivity contribution in [3.63, 3.8) is 0 Å². The highest BCUT2D eigenvalue weighted by molar-refractivity contribution is 7.89. The summed E-state index contributed by atoms with van der Waals surface area (Å²) >= 11 is 0. The molecule has 0 unspecified atom stereocenters. The second kappa shape index (κ2) is 12.5.